The number of ether oxygens (including phenoxy) is 2. The molecule has 0 amide bonds. The summed E-state index contributed by atoms with van der Waals surface area (Å²) in [7, 11) is 0. The van der Waals surface area contributed by atoms with E-state index in [1.807, 2.05) is 13.8 Å². The van der Waals surface area contributed by atoms with Crippen LogP contribution in [-0.4, -0.2) is 74.1 Å². The van der Waals surface area contributed by atoms with E-state index in [9.17, 15) is 9.90 Å². The molecule has 6 heteroatoms. The van der Waals surface area contributed by atoms with E-state index in [1.165, 1.54) is 0 Å². The maximum atomic E-state index is 11.3. The highest BCUT2D eigenvalue weighted by molar-refractivity contribution is 5.73. The summed E-state index contributed by atoms with van der Waals surface area (Å²) >= 11 is 0. The number of aliphatic carboxylic acids is 1. The molecule has 1 aliphatic carbocycles. The Morgan fingerprint density at radius 1 is 1.19 bits per heavy atom. The molecule has 1 aliphatic rings. The number of nitrogens with one attached hydrogen (secondary N) is 1. The third-order valence-electron chi connectivity index (χ3n) is 3.56. The molecule has 0 aromatic heterocycles. The van der Waals surface area contributed by atoms with Crippen LogP contribution in [0, 0.1) is 0 Å². The van der Waals surface area contributed by atoms with E-state index in [2.05, 4.69) is 10.2 Å². The van der Waals surface area contributed by atoms with Crippen molar-refractivity contribution in [3.05, 3.63) is 0 Å². The predicted molar refractivity (Wildman–Crippen MR) is 81.6 cm³/mol. The Labute approximate surface area is 127 Å². The van der Waals surface area contributed by atoms with Gasteiger partial charge in [0.15, 0.2) is 0 Å². The summed E-state index contributed by atoms with van der Waals surface area (Å²) in [5.74, 6) is -0.753. The number of carboxylic acid groups (broad SMARTS) is 1. The first-order chi connectivity index (χ1) is 10.2. The lowest BCUT2D eigenvalue weighted by molar-refractivity contribution is -0.139. The molecule has 21 heavy (non-hydrogen) atoms. The molecular weight excluding hydrogens is 272 g/mol. The first-order valence-corrected chi connectivity index (χ1v) is 8.04. The number of carbonyl (C=O) groups is 1. The number of hydrogen-bond donors (Lipinski definition) is 2. The van der Waals surface area contributed by atoms with Crippen LogP contribution in [0.3, 0.4) is 0 Å². The average molecular weight is 302 g/mol. The van der Waals surface area contributed by atoms with Crippen molar-refractivity contribution in [3.8, 4) is 0 Å². The highest BCUT2D eigenvalue weighted by Crippen LogP contribution is 2.20. The van der Waals surface area contributed by atoms with Gasteiger partial charge >= 0.3 is 5.97 Å². The van der Waals surface area contributed by atoms with Crippen LogP contribution in [0.25, 0.3) is 0 Å². The molecule has 0 aliphatic heterocycles. The molecule has 0 bridgehead atoms. The number of hydrogen-bond acceptors (Lipinski definition) is 5. The lowest BCUT2D eigenvalue weighted by Crippen LogP contribution is -2.42. The molecule has 1 unspecified atom stereocenters. The van der Waals surface area contributed by atoms with Crippen molar-refractivity contribution < 1.29 is 19.4 Å². The van der Waals surface area contributed by atoms with Crippen molar-refractivity contribution in [1.82, 2.24) is 10.2 Å². The topological polar surface area (TPSA) is 71.0 Å². The van der Waals surface area contributed by atoms with E-state index >= 15 is 0 Å². The fourth-order valence-electron chi connectivity index (χ4n) is 2.14. The lowest BCUT2D eigenvalue weighted by Gasteiger charge is -2.24. The monoisotopic (exact) mass is 302 g/mol. The summed E-state index contributed by atoms with van der Waals surface area (Å²) in [6.07, 6.45) is 2.81. The molecule has 1 rings (SSSR count). The van der Waals surface area contributed by atoms with Crippen LogP contribution in [-0.2, 0) is 14.3 Å². The van der Waals surface area contributed by atoms with Crippen LogP contribution >= 0.6 is 0 Å². The SMILES string of the molecule is CCOCCN(CCOCC)CCC(NC1CC1)C(=O)O. The van der Waals surface area contributed by atoms with Gasteiger partial charge in [-0.1, -0.05) is 0 Å². The molecule has 0 heterocycles. The van der Waals surface area contributed by atoms with Crippen LogP contribution in [0.1, 0.15) is 33.1 Å². The highest BCUT2D eigenvalue weighted by Gasteiger charge is 2.28. The van der Waals surface area contributed by atoms with Gasteiger partial charge in [0.25, 0.3) is 0 Å². The molecule has 0 aromatic carbocycles. The van der Waals surface area contributed by atoms with Gasteiger partial charge < -0.3 is 19.9 Å². The normalized spacial score (nSPS) is 16.3. The van der Waals surface area contributed by atoms with Crippen LogP contribution in [0.5, 0.6) is 0 Å². The van der Waals surface area contributed by atoms with Crippen LogP contribution < -0.4 is 5.32 Å². The summed E-state index contributed by atoms with van der Waals surface area (Å²) in [5, 5.41) is 12.5. The summed E-state index contributed by atoms with van der Waals surface area (Å²) in [5.41, 5.74) is 0. The molecule has 0 saturated heterocycles. The Kier molecular flexibility index (Phi) is 9.58. The first kappa shape index (κ1) is 18.4. The van der Waals surface area contributed by atoms with E-state index in [1.54, 1.807) is 0 Å². The van der Waals surface area contributed by atoms with Gasteiger partial charge in [-0.3, -0.25) is 9.69 Å². The summed E-state index contributed by atoms with van der Waals surface area (Å²) in [4.78, 5) is 13.5. The number of rotatable bonds is 14. The molecule has 1 fully saturated rings. The van der Waals surface area contributed by atoms with Crippen molar-refractivity contribution in [2.75, 3.05) is 46.1 Å². The molecule has 124 valence electrons. The zero-order valence-corrected chi connectivity index (χ0v) is 13.3. The van der Waals surface area contributed by atoms with E-state index < -0.39 is 12.0 Å². The zero-order valence-electron chi connectivity index (χ0n) is 13.3. The van der Waals surface area contributed by atoms with Gasteiger partial charge in [0.05, 0.1) is 13.2 Å². The molecule has 1 saturated carbocycles. The van der Waals surface area contributed by atoms with Gasteiger partial charge in [0.1, 0.15) is 6.04 Å². The summed E-state index contributed by atoms with van der Waals surface area (Å²) in [6.45, 7) is 9.10. The van der Waals surface area contributed by atoms with E-state index in [4.69, 9.17) is 9.47 Å². The molecule has 6 nitrogen and oxygen atoms in total. The van der Waals surface area contributed by atoms with Gasteiger partial charge in [-0.25, -0.2) is 0 Å². The molecular formula is C15H30N2O4. The summed E-state index contributed by atoms with van der Waals surface area (Å²) < 4.78 is 10.8. The largest absolute Gasteiger partial charge is 0.480 e. The maximum absolute atomic E-state index is 11.3. The molecule has 0 spiro atoms. The van der Waals surface area contributed by atoms with Gasteiger partial charge in [-0.15, -0.1) is 0 Å². The van der Waals surface area contributed by atoms with Crippen molar-refractivity contribution in [2.24, 2.45) is 0 Å². The summed E-state index contributed by atoms with van der Waals surface area (Å²) in [6, 6.07) is -0.0365. The maximum Gasteiger partial charge on any atom is 0.320 e. The average Bonchev–Trinajstić information content (AvgIpc) is 3.26. The van der Waals surface area contributed by atoms with E-state index in [0.29, 0.717) is 38.9 Å². The molecule has 1 atom stereocenters. The second-order valence-electron chi connectivity index (χ2n) is 5.36. The minimum Gasteiger partial charge on any atom is -0.480 e. The van der Waals surface area contributed by atoms with Crippen LogP contribution in [0.2, 0.25) is 0 Å². The highest BCUT2D eigenvalue weighted by atomic mass is 16.5. The van der Waals surface area contributed by atoms with Crippen LogP contribution in [0.4, 0.5) is 0 Å². The van der Waals surface area contributed by atoms with Crippen molar-refractivity contribution >= 4 is 5.97 Å². The van der Waals surface area contributed by atoms with E-state index in [0.717, 1.165) is 32.5 Å². The Bertz CT molecular complexity index is 275. The van der Waals surface area contributed by atoms with Crippen LogP contribution in [0.15, 0.2) is 0 Å². The lowest BCUT2D eigenvalue weighted by atomic mass is 10.2. The predicted octanol–water partition coefficient (Wildman–Crippen LogP) is 0.957. The third kappa shape index (κ3) is 9.03. The molecule has 0 radical (unpaired) electrons. The standard InChI is InChI=1S/C15H30N2O4/c1-3-20-11-9-17(10-12-21-4-2)8-7-14(15(18)19)16-13-5-6-13/h13-14,16H,3-12H2,1-2H3,(H,18,19). The van der Waals surface area contributed by atoms with E-state index in [-0.39, 0.29) is 0 Å². The zero-order chi connectivity index (χ0) is 15.5. The van der Waals surface area contributed by atoms with Gasteiger partial charge in [0.2, 0.25) is 0 Å². The van der Waals surface area contributed by atoms with Gasteiger partial charge in [-0.05, 0) is 33.1 Å². The third-order valence-corrected chi connectivity index (χ3v) is 3.56. The van der Waals surface area contributed by atoms with Gasteiger partial charge in [-0.2, -0.15) is 0 Å². The van der Waals surface area contributed by atoms with Crippen molar-refractivity contribution in [2.45, 2.75) is 45.2 Å². The first-order valence-electron chi connectivity index (χ1n) is 8.04. The Morgan fingerprint density at radius 3 is 2.19 bits per heavy atom. The van der Waals surface area contributed by atoms with Crippen molar-refractivity contribution in [1.29, 1.82) is 0 Å². The fourth-order valence-corrected chi connectivity index (χ4v) is 2.14. The molecule has 2 N–H and O–H groups in total. The van der Waals surface area contributed by atoms with Gasteiger partial charge in [0, 0.05) is 38.9 Å². The minimum atomic E-state index is -0.753. The number of nitrogens with zero attached hydrogens (tertiary/aromatic N) is 1. The Hall–Kier alpha value is -0.690. The second-order valence-corrected chi connectivity index (χ2v) is 5.36. The smallest absolute Gasteiger partial charge is 0.320 e. The second kappa shape index (κ2) is 11.0. The fraction of sp³-hybridized carbons (Fsp3) is 0.933. The number of carboxylic acids is 1. The Morgan fingerprint density at radius 2 is 1.76 bits per heavy atom. The minimum absolute atomic E-state index is 0.409. The quantitative estimate of drug-likeness (QED) is 0.466. The Balaban J connectivity index is 2.30. The van der Waals surface area contributed by atoms with Crippen molar-refractivity contribution in [3.63, 3.8) is 0 Å². The molecule has 0 aromatic rings.